The van der Waals surface area contributed by atoms with E-state index in [1.165, 1.54) is 0 Å². The molecule has 236 valence electrons. The number of nitrogens with zero attached hydrogens (tertiary/aromatic N) is 3. The van der Waals surface area contributed by atoms with E-state index in [4.69, 9.17) is 5.11 Å². The van der Waals surface area contributed by atoms with E-state index in [-0.39, 0.29) is 28.7 Å². The molecule has 0 aliphatic carbocycles. The Labute approximate surface area is 251 Å². The number of ketones is 2. The number of aliphatic hydroxyl groups is 4. The van der Waals surface area contributed by atoms with Crippen LogP contribution in [0, 0.1) is 12.8 Å². The summed E-state index contributed by atoms with van der Waals surface area (Å²) in [6, 6.07) is 4.96. The van der Waals surface area contributed by atoms with Crippen molar-refractivity contribution in [3.8, 4) is 0 Å². The van der Waals surface area contributed by atoms with Gasteiger partial charge in [0.05, 0.1) is 24.4 Å². The second-order valence-corrected chi connectivity index (χ2v) is 10.5. The second kappa shape index (κ2) is 15.3. The zero-order valence-electron chi connectivity index (χ0n) is 24.1. The van der Waals surface area contributed by atoms with Crippen molar-refractivity contribution < 1.29 is 44.7 Å². The molecule has 5 atom stereocenters. The average Bonchev–Trinajstić information content (AvgIpc) is 2.99. The van der Waals surface area contributed by atoms with E-state index in [1.807, 2.05) is 0 Å². The van der Waals surface area contributed by atoms with E-state index in [1.54, 1.807) is 37.4 Å². The summed E-state index contributed by atoms with van der Waals surface area (Å²) in [5, 5.41) is 50.3. The number of aryl methyl sites for hydroxylation is 3. The van der Waals surface area contributed by atoms with Crippen LogP contribution in [0.4, 0.5) is 0 Å². The van der Waals surface area contributed by atoms with Crippen molar-refractivity contribution in [3.63, 3.8) is 0 Å². The Balaban J connectivity index is 1.55. The molecule has 44 heavy (non-hydrogen) atoms. The number of carbonyl (C=O) groups excluding carboxylic acids is 3. The fourth-order valence-electron chi connectivity index (χ4n) is 4.48. The summed E-state index contributed by atoms with van der Waals surface area (Å²) in [6.45, 7) is 1.79. The molecule has 15 nitrogen and oxygen atoms in total. The van der Waals surface area contributed by atoms with Crippen molar-refractivity contribution in [2.75, 3.05) is 6.61 Å². The predicted octanol–water partition coefficient (Wildman–Crippen LogP) is -0.991. The normalized spacial score (nSPS) is 14.8. The summed E-state index contributed by atoms with van der Waals surface area (Å²) in [5.41, 5.74) is 1.76. The molecule has 7 N–H and O–H groups in total. The number of carbonyl (C=O) groups is 4. The molecular formula is C29H35N5O10. The third-order valence-corrected chi connectivity index (χ3v) is 7.06. The van der Waals surface area contributed by atoms with Crippen LogP contribution in [0.25, 0.3) is 11.2 Å². The van der Waals surface area contributed by atoms with Crippen LogP contribution in [0.3, 0.4) is 0 Å². The molecule has 2 heterocycles. The van der Waals surface area contributed by atoms with Gasteiger partial charge < -0.3 is 35.8 Å². The number of hydrogen-bond donors (Lipinski definition) is 7. The van der Waals surface area contributed by atoms with Gasteiger partial charge in [-0.1, -0.05) is 24.3 Å². The minimum Gasteiger partial charge on any atom is -0.481 e. The Morgan fingerprint density at radius 1 is 1.00 bits per heavy atom. The quantitative estimate of drug-likeness (QED) is 0.0959. The number of aromatic amines is 1. The van der Waals surface area contributed by atoms with Gasteiger partial charge >= 0.3 is 5.97 Å². The molecule has 0 saturated carbocycles. The first kappa shape index (κ1) is 34.1. The van der Waals surface area contributed by atoms with E-state index in [0.29, 0.717) is 24.4 Å². The molecule has 0 bridgehead atoms. The maximum absolute atomic E-state index is 12.8. The number of nitrogens with one attached hydrogen (secondary N) is 2. The van der Waals surface area contributed by atoms with Gasteiger partial charge in [-0.2, -0.15) is 0 Å². The summed E-state index contributed by atoms with van der Waals surface area (Å²) >= 11 is 0. The number of carboxylic acids is 1. The summed E-state index contributed by atoms with van der Waals surface area (Å²) < 4.78 is 0. The molecule has 3 aromatic rings. The minimum atomic E-state index is -1.93. The van der Waals surface area contributed by atoms with Crippen LogP contribution in [-0.4, -0.2) is 99.9 Å². The lowest BCUT2D eigenvalue weighted by atomic mass is 9.93. The number of hydrogen-bond acceptors (Lipinski definition) is 12. The number of aliphatic hydroxyl groups excluding tert-OH is 4. The molecular weight excluding hydrogens is 578 g/mol. The summed E-state index contributed by atoms with van der Waals surface area (Å²) in [4.78, 5) is 76.4. The first-order chi connectivity index (χ1) is 20.8. The van der Waals surface area contributed by atoms with Gasteiger partial charge in [-0.25, -0.2) is 15.0 Å². The molecule has 0 aliphatic heterocycles. The van der Waals surface area contributed by atoms with Crippen LogP contribution in [0.1, 0.15) is 53.6 Å². The van der Waals surface area contributed by atoms with Gasteiger partial charge in [-0.3, -0.25) is 24.0 Å². The summed E-state index contributed by atoms with van der Waals surface area (Å²) in [7, 11) is 0. The highest BCUT2D eigenvalue weighted by atomic mass is 16.4. The molecule has 1 aromatic carbocycles. The van der Waals surface area contributed by atoms with E-state index in [9.17, 15) is 44.4 Å². The van der Waals surface area contributed by atoms with E-state index in [2.05, 4.69) is 25.3 Å². The number of carboxylic acid groups (broad SMARTS) is 1. The predicted molar refractivity (Wildman–Crippen MR) is 154 cm³/mol. The van der Waals surface area contributed by atoms with Gasteiger partial charge in [0, 0.05) is 18.4 Å². The molecule has 2 aromatic heterocycles. The van der Waals surface area contributed by atoms with Crippen molar-refractivity contribution in [3.05, 3.63) is 63.5 Å². The van der Waals surface area contributed by atoms with Crippen molar-refractivity contribution in [1.82, 2.24) is 25.3 Å². The Morgan fingerprint density at radius 3 is 2.30 bits per heavy atom. The number of H-pyrrole nitrogens is 1. The average molecular weight is 614 g/mol. The Hall–Kier alpha value is -4.44. The third-order valence-electron chi connectivity index (χ3n) is 7.06. The maximum Gasteiger partial charge on any atom is 0.306 e. The standard InChI is InChI=1S/C29H35N5O10/c1-14(36)23(26(41)25(40)21(38)13-35)34-22(39)10-8-18(29(43)44)11-20(37)17-6-3-16(4-7-17)5-9-19-12-30-27-24(33-19)28(42)32-15(2)31-27/h3-4,6-7,12,18,21,23,25-26,35,38,40-41H,5,8-11,13H2,1-2H3,(H,34,39)(H,43,44)(H,30,31,32,42)/t18-,21-,23-,25-,26-/m1/s1. The van der Waals surface area contributed by atoms with Crippen LogP contribution in [-0.2, 0) is 27.2 Å². The maximum atomic E-state index is 12.8. The molecule has 0 unspecified atom stereocenters. The summed E-state index contributed by atoms with van der Waals surface area (Å²) in [6.07, 6.45) is -4.11. The van der Waals surface area contributed by atoms with Crippen LogP contribution in [0.15, 0.2) is 35.3 Å². The third kappa shape index (κ3) is 9.03. The number of amides is 1. The second-order valence-electron chi connectivity index (χ2n) is 10.5. The number of fused-ring (bicyclic) bond motifs is 1. The molecule has 3 rings (SSSR count). The highest BCUT2D eigenvalue weighted by Crippen LogP contribution is 2.18. The SMILES string of the molecule is CC(=O)[C@@H](NC(=O)CC[C@H](CC(=O)c1ccc(CCc2cnc3nc(C)[nH]c(=O)c3n2)cc1)C(=O)O)[C@@H](O)[C@H](O)[C@H](O)CO. The summed E-state index contributed by atoms with van der Waals surface area (Å²) in [5.74, 6) is -4.09. The molecule has 0 spiro atoms. The zero-order chi connectivity index (χ0) is 32.6. The van der Waals surface area contributed by atoms with Gasteiger partial charge in [0.25, 0.3) is 5.56 Å². The van der Waals surface area contributed by atoms with Crippen molar-refractivity contribution in [2.24, 2.45) is 5.92 Å². The zero-order valence-corrected chi connectivity index (χ0v) is 24.1. The lowest BCUT2D eigenvalue weighted by molar-refractivity contribution is -0.142. The molecule has 0 radical (unpaired) electrons. The molecule has 0 fully saturated rings. The highest BCUT2D eigenvalue weighted by Gasteiger charge is 2.35. The van der Waals surface area contributed by atoms with E-state index < -0.39 is 73.2 Å². The van der Waals surface area contributed by atoms with Crippen molar-refractivity contribution in [2.45, 2.75) is 70.3 Å². The van der Waals surface area contributed by atoms with Crippen LogP contribution in [0.5, 0.6) is 0 Å². The lowest BCUT2D eigenvalue weighted by Crippen LogP contribution is -2.55. The Morgan fingerprint density at radius 2 is 1.68 bits per heavy atom. The first-order valence-corrected chi connectivity index (χ1v) is 13.8. The smallest absolute Gasteiger partial charge is 0.306 e. The van der Waals surface area contributed by atoms with Crippen LogP contribution < -0.4 is 10.9 Å². The van der Waals surface area contributed by atoms with Crippen molar-refractivity contribution in [1.29, 1.82) is 0 Å². The molecule has 15 heteroatoms. The van der Waals surface area contributed by atoms with Crippen LogP contribution in [0.2, 0.25) is 0 Å². The number of aliphatic carboxylic acids is 1. The fourth-order valence-corrected chi connectivity index (χ4v) is 4.48. The Kier molecular flexibility index (Phi) is 11.9. The van der Waals surface area contributed by atoms with Gasteiger partial charge in [-0.05, 0) is 38.7 Å². The Bertz CT molecular complexity index is 1560. The van der Waals surface area contributed by atoms with Crippen molar-refractivity contribution >= 4 is 34.6 Å². The number of Topliss-reactive ketones (excluding diaryl/α,β-unsaturated/α-hetero) is 2. The number of aromatic nitrogens is 4. The molecule has 0 aliphatic rings. The topological polar surface area (TPSA) is 253 Å². The minimum absolute atomic E-state index is 0.146. The highest BCUT2D eigenvalue weighted by molar-refractivity contribution is 5.98. The first-order valence-electron chi connectivity index (χ1n) is 13.8. The number of rotatable bonds is 16. The van der Waals surface area contributed by atoms with Crippen LogP contribution >= 0.6 is 0 Å². The number of benzene rings is 1. The lowest BCUT2D eigenvalue weighted by Gasteiger charge is -2.28. The van der Waals surface area contributed by atoms with E-state index in [0.717, 1.165) is 12.5 Å². The fraction of sp³-hybridized carbons (Fsp3) is 0.448. The molecule has 1 amide bonds. The van der Waals surface area contributed by atoms with E-state index >= 15 is 0 Å². The van der Waals surface area contributed by atoms with Gasteiger partial charge in [0.2, 0.25) is 5.91 Å². The monoisotopic (exact) mass is 613 g/mol. The largest absolute Gasteiger partial charge is 0.481 e. The van der Waals surface area contributed by atoms with Gasteiger partial charge in [-0.15, -0.1) is 0 Å². The van der Waals surface area contributed by atoms with Gasteiger partial charge in [0.15, 0.2) is 22.7 Å². The van der Waals surface area contributed by atoms with Gasteiger partial charge in [0.1, 0.15) is 30.2 Å². The molecule has 0 saturated heterocycles.